The van der Waals surface area contributed by atoms with Crippen molar-refractivity contribution < 1.29 is 9.59 Å². The number of aromatic nitrogens is 3. The maximum absolute atomic E-state index is 11.6. The highest BCUT2D eigenvalue weighted by Crippen LogP contribution is 2.39. The van der Waals surface area contributed by atoms with Gasteiger partial charge in [-0.25, -0.2) is 9.97 Å². The topological polar surface area (TPSA) is 149 Å². The monoisotopic (exact) mass is 355 g/mol. The van der Waals surface area contributed by atoms with Gasteiger partial charge >= 0.3 is 0 Å². The molecule has 9 nitrogen and oxygen atoms in total. The fraction of sp³-hybridized carbons (Fsp3) is 0.353. The van der Waals surface area contributed by atoms with Crippen molar-refractivity contribution >= 4 is 29.1 Å². The quantitative estimate of drug-likeness (QED) is 0.557. The van der Waals surface area contributed by atoms with Crippen LogP contribution in [0.25, 0.3) is 0 Å². The van der Waals surface area contributed by atoms with Gasteiger partial charge in [0.25, 0.3) is 5.91 Å². The Bertz CT molecular complexity index is 818. The van der Waals surface area contributed by atoms with Gasteiger partial charge in [0.15, 0.2) is 11.5 Å². The molecule has 136 valence electrons. The summed E-state index contributed by atoms with van der Waals surface area (Å²) >= 11 is 0. The van der Waals surface area contributed by atoms with E-state index in [0.717, 1.165) is 5.69 Å². The minimum Gasteiger partial charge on any atom is -0.368 e. The standard InChI is InChI=1S/C17H21N7O2/c1-2-11(15(18)25)23-13-8-21-14(16(19)26)17(24-13)22-10-5-6-12(20-7-10)9-3-4-9/h5-9,11H,2-4H2,1H3,(H2,18,25)(H2,19,26)(H2,22,23,24). The number of carbonyl (C=O) groups is 2. The average molecular weight is 355 g/mol. The number of anilines is 3. The van der Waals surface area contributed by atoms with E-state index in [2.05, 4.69) is 25.6 Å². The van der Waals surface area contributed by atoms with Gasteiger partial charge in [-0.3, -0.25) is 14.6 Å². The molecule has 1 unspecified atom stereocenters. The Kier molecular flexibility index (Phi) is 4.97. The third-order valence-corrected chi connectivity index (χ3v) is 4.12. The minimum atomic E-state index is -0.712. The Balaban J connectivity index is 1.83. The highest BCUT2D eigenvalue weighted by Gasteiger charge is 2.24. The molecule has 2 aromatic heterocycles. The first-order valence-electron chi connectivity index (χ1n) is 8.43. The second-order valence-corrected chi connectivity index (χ2v) is 6.20. The average Bonchev–Trinajstić information content (AvgIpc) is 3.45. The number of amides is 2. The van der Waals surface area contributed by atoms with E-state index in [1.54, 1.807) is 6.20 Å². The summed E-state index contributed by atoms with van der Waals surface area (Å²) in [7, 11) is 0. The summed E-state index contributed by atoms with van der Waals surface area (Å²) in [5.74, 6) is -0.162. The fourth-order valence-electron chi connectivity index (χ4n) is 2.52. The molecule has 0 radical (unpaired) electrons. The molecule has 0 aliphatic heterocycles. The molecule has 2 amide bonds. The molecule has 1 atom stereocenters. The van der Waals surface area contributed by atoms with Crippen LogP contribution in [-0.4, -0.2) is 32.8 Å². The number of nitrogens with two attached hydrogens (primary N) is 2. The lowest BCUT2D eigenvalue weighted by Gasteiger charge is -2.15. The van der Waals surface area contributed by atoms with Crippen LogP contribution in [0, 0.1) is 0 Å². The number of rotatable bonds is 8. The van der Waals surface area contributed by atoms with E-state index >= 15 is 0 Å². The van der Waals surface area contributed by atoms with Crippen molar-refractivity contribution in [3.8, 4) is 0 Å². The van der Waals surface area contributed by atoms with E-state index in [4.69, 9.17) is 11.5 Å². The third-order valence-electron chi connectivity index (χ3n) is 4.12. The zero-order chi connectivity index (χ0) is 18.7. The van der Waals surface area contributed by atoms with E-state index in [1.807, 2.05) is 19.1 Å². The largest absolute Gasteiger partial charge is 0.368 e. The molecule has 1 saturated carbocycles. The van der Waals surface area contributed by atoms with Gasteiger partial charge in [-0.15, -0.1) is 0 Å². The predicted molar refractivity (Wildman–Crippen MR) is 96.9 cm³/mol. The number of hydrogen-bond acceptors (Lipinski definition) is 7. The normalized spacial score (nSPS) is 14.5. The zero-order valence-electron chi connectivity index (χ0n) is 14.4. The van der Waals surface area contributed by atoms with Crippen molar-refractivity contribution in [1.29, 1.82) is 0 Å². The van der Waals surface area contributed by atoms with Gasteiger partial charge in [0, 0.05) is 11.6 Å². The first-order chi connectivity index (χ1) is 12.5. The maximum Gasteiger partial charge on any atom is 0.271 e. The van der Waals surface area contributed by atoms with Crippen molar-refractivity contribution in [2.45, 2.75) is 38.1 Å². The molecular weight excluding hydrogens is 334 g/mol. The van der Waals surface area contributed by atoms with Crippen LogP contribution in [0.3, 0.4) is 0 Å². The van der Waals surface area contributed by atoms with Crippen LogP contribution in [0.4, 0.5) is 17.3 Å². The van der Waals surface area contributed by atoms with Crippen molar-refractivity contribution in [2.75, 3.05) is 10.6 Å². The number of carbonyl (C=O) groups excluding carboxylic acids is 2. The molecular formula is C17H21N7O2. The zero-order valence-corrected chi connectivity index (χ0v) is 14.4. The molecule has 26 heavy (non-hydrogen) atoms. The van der Waals surface area contributed by atoms with Crippen LogP contribution in [-0.2, 0) is 4.79 Å². The Morgan fingerprint density at radius 3 is 2.54 bits per heavy atom. The SMILES string of the molecule is CCC(Nc1cnc(C(N)=O)c(Nc2ccc(C3CC3)nc2)n1)C(N)=O. The van der Waals surface area contributed by atoms with E-state index < -0.39 is 17.9 Å². The summed E-state index contributed by atoms with van der Waals surface area (Å²) in [5.41, 5.74) is 12.4. The van der Waals surface area contributed by atoms with Gasteiger partial charge in [-0.2, -0.15) is 0 Å². The summed E-state index contributed by atoms with van der Waals surface area (Å²) < 4.78 is 0. The number of hydrogen-bond donors (Lipinski definition) is 4. The number of nitrogens with one attached hydrogen (secondary N) is 2. The lowest BCUT2D eigenvalue weighted by molar-refractivity contribution is -0.118. The molecule has 0 saturated heterocycles. The van der Waals surface area contributed by atoms with Gasteiger partial charge < -0.3 is 22.1 Å². The summed E-state index contributed by atoms with van der Waals surface area (Å²) in [6.45, 7) is 1.82. The van der Waals surface area contributed by atoms with Crippen LogP contribution in [0.15, 0.2) is 24.5 Å². The highest BCUT2D eigenvalue weighted by atomic mass is 16.1. The molecule has 1 aliphatic rings. The van der Waals surface area contributed by atoms with Crippen LogP contribution in [0.1, 0.15) is 48.3 Å². The minimum absolute atomic E-state index is 0.00561. The molecule has 0 spiro atoms. The predicted octanol–water partition coefficient (Wildman–Crippen LogP) is 1.27. The van der Waals surface area contributed by atoms with Gasteiger partial charge in [0.2, 0.25) is 5.91 Å². The molecule has 0 bridgehead atoms. The van der Waals surface area contributed by atoms with Crippen molar-refractivity contribution in [3.63, 3.8) is 0 Å². The smallest absolute Gasteiger partial charge is 0.271 e. The molecule has 1 aliphatic carbocycles. The lowest BCUT2D eigenvalue weighted by Crippen LogP contribution is -2.35. The first-order valence-corrected chi connectivity index (χ1v) is 8.43. The molecule has 9 heteroatoms. The fourth-order valence-corrected chi connectivity index (χ4v) is 2.52. The van der Waals surface area contributed by atoms with Crippen LogP contribution < -0.4 is 22.1 Å². The van der Waals surface area contributed by atoms with Crippen molar-refractivity contribution in [1.82, 2.24) is 15.0 Å². The van der Waals surface area contributed by atoms with E-state index in [9.17, 15) is 9.59 Å². The van der Waals surface area contributed by atoms with Crippen LogP contribution in [0.5, 0.6) is 0 Å². The van der Waals surface area contributed by atoms with Crippen molar-refractivity contribution in [3.05, 3.63) is 35.9 Å². The maximum atomic E-state index is 11.6. The van der Waals surface area contributed by atoms with E-state index in [0.29, 0.717) is 23.8 Å². The number of primary amides is 2. The van der Waals surface area contributed by atoms with Gasteiger partial charge in [0.1, 0.15) is 11.9 Å². The number of nitrogens with zero attached hydrogens (tertiary/aromatic N) is 3. The van der Waals surface area contributed by atoms with Crippen LogP contribution >= 0.6 is 0 Å². The molecule has 2 heterocycles. The molecule has 2 aromatic rings. The Morgan fingerprint density at radius 2 is 2.00 bits per heavy atom. The van der Waals surface area contributed by atoms with Gasteiger partial charge in [0.05, 0.1) is 18.1 Å². The number of pyridine rings is 1. The Hall–Kier alpha value is -3.23. The molecule has 3 rings (SSSR count). The van der Waals surface area contributed by atoms with Crippen LogP contribution in [0.2, 0.25) is 0 Å². The summed E-state index contributed by atoms with van der Waals surface area (Å²) in [6.07, 6.45) is 5.85. The molecule has 6 N–H and O–H groups in total. The second-order valence-electron chi connectivity index (χ2n) is 6.20. The molecule has 1 fully saturated rings. The van der Waals surface area contributed by atoms with Gasteiger partial charge in [-0.05, 0) is 31.4 Å². The highest BCUT2D eigenvalue weighted by molar-refractivity contribution is 5.96. The van der Waals surface area contributed by atoms with E-state index in [1.165, 1.54) is 19.0 Å². The van der Waals surface area contributed by atoms with Crippen molar-refractivity contribution in [2.24, 2.45) is 11.5 Å². The Morgan fingerprint density at radius 1 is 1.23 bits per heavy atom. The lowest BCUT2D eigenvalue weighted by atomic mass is 10.2. The summed E-state index contributed by atoms with van der Waals surface area (Å²) in [5, 5.41) is 5.91. The van der Waals surface area contributed by atoms with Gasteiger partial charge in [-0.1, -0.05) is 6.92 Å². The van der Waals surface area contributed by atoms with E-state index in [-0.39, 0.29) is 11.5 Å². The first kappa shape index (κ1) is 17.6. The Labute approximate surface area is 150 Å². The third kappa shape index (κ3) is 4.05. The molecule has 0 aromatic carbocycles. The summed E-state index contributed by atoms with van der Waals surface area (Å²) in [4.78, 5) is 35.8. The summed E-state index contributed by atoms with van der Waals surface area (Å²) in [6, 6.07) is 3.22. The second kappa shape index (κ2) is 7.34.